The lowest BCUT2D eigenvalue weighted by Gasteiger charge is -2.25. The van der Waals surface area contributed by atoms with Gasteiger partial charge in [0.25, 0.3) is 0 Å². The molecule has 3 rings (SSSR count). The van der Waals surface area contributed by atoms with Crippen LogP contribution >= 0.6 is 0 Å². The molecule has 0 radical (unpaired) electrons. The lowest BCUT2D eigenvalue weighted by atomic mass is 9.98. The van der Waals surface area contributed by atoms with Gasteiger partial charge in [-0.25, -0.2) is 0 Å². The van der Waals surface area contributed by atoms with E-state index in [0.717, 1.165) is 11.3 Å². The van der Waals surface area contributed by atoms with E-state index in [1.165, 1.54) is 0 Å². The van der Waals surface area contributed by atoms with Gasteiger partial charge in [-0.1, -0.05) is 0 Å². The van der Waals surface area contributed by atoms with Crippen LogP contribution in [-0.4, -0.2) is 20.9 Å². The Labute approximate surface area is 125 Å². The van der Waals surface area contributed by atoms with Gasteiger partial charge in [-0.2, -0.15) is 13.2 Å². The molecule has 1 aliphatic heterocycles. The van der Waals surface area contributed by atoms with Crippen molar-refractivity contribution in [2.75, 3.05) is 0 Å². The molecule has 120 valence electrons. The number of alkyl halides is 3. The molecule has 1 atom stereocenters. The fraction of sp³-hybridized carbons (Fsp3) is 0.571. The molecule has 1 aliphatic rings. The molecule has 1 N–H and O–H groups in total. The molecule has 0 spiro atoms. The smallest absolute Gasteiger partial charge is 0.398 e. The van der Waals surface area contributed by atoms with Crippen LogP contribution in [0.25, 0.3) is 0 Å². The summed E-state index contributed by atoms with van der Waals surface area (Å²) in [6, 6.07) is 1.86. The molecule has 0 fully saturated rings. The Bertz CT molecular complexity index is 647. The molecule has 3 heterocycles. The molecular formula is C14H17F3N4O. The Morgan fingerprint density at radius 1 is 1.36 bits per heavy atom. The first-order valence-corrected chi connectivity index (χ1v) is 7.19. The van der Waals surface area contributed by atoms with Crippen LogP contribution in [0, 0.1) is 6.92 Å². The minimum absolute atomic E-state index is 0.0322. The van der Waals surface area contributed by atoms with E-state index in [4.69, 9.17) is 4.42 Å². The number of rotatable bonds is 4. The number of fused-ring (bicyclic) bond motifs is 1. The minimum Gasteiger partial charge on any atom is -0.468 e. The fourth-order valence-electron chi connectivity index (χ4n) is 2.75. The predicted octanol–water partition coefficient (Wildman–Crippen LogP) is 2.91. The van der Waals surface area contributed by atoms with E-state index in [1.807, 2.05) is 13.0 Å². The third-order valence-corrected chi connectivity index (χ3v) is 3.97. The number of halogens is 3. The normalized spacial score (nSPS) is 18.5. The van der Waals surface area contributed by atoms with Crippen LogP contribution in [0.15, 0.2) is 16.7 Å². The zero-order valence-electron chi connectivity index (χ0n) is 12.2. The maximum atomic E-state index is 13.0. The molecule has 0 saturated carbocycles. The largest absolute Gasteiger partial charge is 0.468 e. The standard InChI is InChI=1S/C14H17F3N4O/c1-9-4-6-22-11(9)7-18-8-12-19-20-13-10(14(15,16)17)3-2-5-21(12)13/h4,6,10,18H,2-3,5,7-8H2,1H3. The number of hydrogen-bond acceptors (Lipinski definition) is 4. The Kier molecular flexibility index (Phi) is 3.94. The van der Waals surface area contributed by atoms with E-state index in [2.05, 4.69) is 15.5 Å². The van der Waals surface area contributed by atoms with Gasteiger partial charge < -0.3 is 14.3 Å². The first-order valence-electron chi connectivity index (χ1n) is 7.19. The van der Waals surface area contributed by atoms with Crippen molar-refractivity contribution in [3.63, 3.8) is 0 Å². The van der Waals surface area contributed by atoms with E-state index >= 15 is 0 Å². The molecular weight excluding hydrogens is 297 g/mol. The molecule has 2 aromatic rings. The molecule has 0 amide bonds. The van der Waals surface area contributed by atoms with Crippen LogP contribution in [0.5, 0.6) is 0 Å². The second-order valence-electron chi connectivity index (χ2n) is 5.49. The van der Waals surface area contributed by atoms with E-state index in [0.29, 0.717) is 31.9 Å². The fourth-order valence-corrected chi connectivity index (χ4v) is 2.75. The van der Waals surface area contributed by atoms with Crippen LogP contribution in [0.1, 0.15) is 41.7 Å². The highest BCUT2D eigenvalue weighted by Crippen LogP contribution is 2.40. The van der Waals surface area contributed by atoms with Crippen LogP contribution in [-0.2, 0) is 19.6 Å². The van der Waals surface area contributed by atoms with E-state index in [1.54, 1.807) is 10.8 Å². The summed E-state index contributed by atoms with van der Waals surface area (Å²) < 4.78 is 45.9. The average molecular weight is 314 g/mol. The SMILES string of the molecule is Cc1ccoc1CNCc1nnc2n1CCCC2C(F)(F)F. The Morgan fingerprint density at radius 2 is 2.18 bits per heavy atom. The quantitative estimate of drug-likeness (QED) is 0.943. The summed E-state index contributed by atoms with van der Waals surface area (Å²) in [6.45, 7) is 3.33. The first kappa shape index (κ1) is 15.1. The van der Waals surface area contributed by atoms with Crippen LogP contribution in [0.2, 0.25) is 0 Å². The van der Waals surface area contributed by atoms with E-state index < -0.39 is 12.1 Å². The zero-order valence-corrected chi connectivity index (χ0v) is 12.2. The van der Waals surface area contributed by atoms with Gasteiger partial charge >= 0.3 is 6.18 Å². The van der Waals surface area contributed by atoms with Crippen LogP contribution in [0.3, 0.4) is 0 Å². The molecule has 0 aliphatic carbocycles. The van der Waals surface area contributed by atoms with Crippen molar-refractivity contribution in [1.29, 1.82) is 0 Å². The number of aromatic nitrogens is 3. The topological polar surface area (TPSA) is 55.9 Å². The lowest BCUT2D eigenvalue weighted by Crippen LogP contribution is -2.29. The number of nitrogens with one attached hydrogen (secondary N) is 1. The van der Waals surface area contributed by atoms with Crippen LogP contribution < -0.4 is 5.32 Å². The summed E-state index contributed by atoms with van der Waals surface area (Å²) in [7, 11) is 0. The monoisotopic (exact) mass is 314 g/mol. The van der Waals surface area contributed by atoms with E-state index in [-0.39, 0.29) is 12.2 Å². The predicted molar refractivity (Wildman–Crippen MR) is 72.0 cm³/mol. The highest BCUT2D eigenvalue weighted by molar-refractivity contribution is 5.14. The number of furan rings is 1. The minimum atomic E-state index is -4.26. The van der Waals surface area contributed by atoms with Gasteiger partial charge in [-0.05, 0) is 31.4 Å². The van der Waals surface area contributed by atoms with Gasteiger partial charge in [-0.3, -0.25) is 0 Å². The van der Waals surface area contributed by atoms with Gasteiger partial charge in [0.2, 0.25) is 0 Å². The van der Waals surface area contributed by atoms with Crippen LogP contribution in [0.4, 0.5) is 13.2 Å². The van der Waals surface area contributed by atoms with Crippen molar-refractivity contribution >= 4 is 0 Å². The Morgan fingerprint density at radius 3 is 2.86 bits per heavy atom. The van der Waals surface area contributed by atoms with Crippen molar-refractivity contribution in [2.45, 2.75) is 51.5 Å². The number of aryl methyl sites for hydroxylation is 1. The van der Waals surface area contributed by atoms with Gasteiger partial charge in [0.1, 0.15) is 23.3 Å². The highest BCUT2D eigenvalue weighted by Gasteiger charge is 2.45. The molecule has 22 heavy (non-hydrogen) atoms. The average Bonchev–Trinajstić information content (AvgIpc) is 3.05. The molecule has 2 aromatic heterocycles. The summed E-state index contributed by atoms with van der Waals surface area (Å²) in [6.07, 6.45) is -2.08. The van der Waals surface area contributed by atoms with Gasteiger partial charge in [-0.15, -0.1) is 10.2 Å². The third-order valence-electron chi connectivity index (χ3n) is 3.97. The van der Waals surface area contributed by atoms with Gasteiger partial charge in [0.15, 0.2) is 0 Å². The van der Waals surface area contributed by atoms with Crippen molar-refractivity contribution in [3.05, 3.63) is 35.3 Å². The highest BCUT2D eigenvalue weighted by atomic mass is 19.4. The molecule has 8 heteroatoms. The number of hydrogen-bond donors (Lipinski definition) is 1. The van der Waals surface area contributed by atoms with Crippen molar-refractivity contribution in [1.82, 2.24) is 20.1 Å². The first-order chi connectivity index (χ1) is 10.5. The Hall–Kier alpha value is -1.83. The maximum Gasteiger partial charge on any atom is 0.398 e. The van der Waals surface area contributed by atoms with E-state index in [9.17, 15) is 13.2 Å². The molecule has 1 unspecified atom stereocenters. The molecule has 5 nitrogen and oxygen atoms in total. The van der Waals surface area contributed by atoms with Crippen molar-refractivity contribution < 1.29 is 17.6 Å². The third kappa shape index (κ3) is 2.87. The second kappa shape index (κ2) is 5.75. The zero-order chi connectivity index (χ0) is 15.7. The summed E-state index contributed by atoms with van der Waals surface area (Å²) in [5.41, 5.74) is 1.04. The summed E-state index contributed by atoms with van der Waals surface area (Å²) >= 11 is 0. The van der Waals surface area contributed by atoms with Gasteiger partial charge in [0.05, 0.1) is 19.4 Å². The maximum absolute atomic E-state index is 13.0. The second-order valence-corrected chi connectivity index (χ2v) is 5.49. The van der Waals surface area contributed by atoms with Gasteiger partial charge in [0, 0.05) is 6.54 Å². The Balaban J connectivity index is 1.69. The molecule has 0 bridgehead atoms. The molecule has 0 saturated heterocycles. The number of nitrogens with zero attached hydrogens (tertiary/aromatic N) is 3. The molecule has 0 aromatic carbocycles. The van der Waals surface area contributed by atoms with Crippen molar-refractivity contribution in [3.8, 4) is 0 Å². The summed E-state index contributed by atoms with van der Waals surface area (Å²) in [5, 5.41) is 10.8. The summed E-state index contributed by atoms with van der Waals surface area (Å²) in [4.78, 5) is 0. The van der Waals surface area contributed by atoms with Crippen molar-refractivity contribution in [2.24, 2.45) is 0 Å². The lowest BCUT2D eigenvalue weighted by molar-refractivity contribution is -0.156. The summed E-state index contributed by atoms with van der Waals surface area (Å²) in [5.74, 6) is -0.126.